The number of benzene rings is 2. The fourth-order valence-corrected chi connectivity index (χ4v) is 5.36. The molecule has 0 radical (unpaired) electrons. The van der Waals surface area contributed by atoms with Crippen molar-refractivity contribution in [3.63, 3.8) is 0 Å². The molecule has 2 unspecified atom stereocenters. The number of piperidine rings is 2. The van der Waals surface area contributed by atoms with Crippen LogP contribution >= 0.6 is 0 Å². The zero-order valence-electron chi connectivity index (χ0n) is 20.8. The van der Waals surface area contributed by atoms with E-state index in [9.17, 15) is 18.0 Å². The molecule has 5 nitrogen and oxygen atoms in total. The molecule has 2 aliphatic heterocycles. The monoisotopic (exact) mass is 503 g/mol. The number of anilines is 1. The van der Waals surface area contributed by atoms with Crippen LogP contribution in [0, 0.1) is 17.8 Å². The summed E-state index contributed by atoms with van der Waals surface area (Å²) in [5.41, 5.74) is 1.95. The summed E-state index contributed by atoms with van der Waals surface area (Å²) in [5.74, 6) is 0.424. The van der Waals surface area contributed by atoms with E-state index in [-0.39, 0.29) is 23.5 Å². The first kappa shape index (κ1) is 26.5. The Labute approximate surface area is 211 Å². The number of amides is 1. The van der Waals surface area contributed by atoms with E-state index in [1.54, 1.807) is 17.0 Å². The smallest absolute Gasteiger partial charge is 0.406 e. The molecule has 0 aromatic heterocycles. The Morgan fingerprint density at radius 2 is 1.75 bits per heavy atom. The molecule has 1 N–H and O–H groups in total. The van der Waals surface area contributed by atoms with E-state index in [0.717, 1.165) is 58.4 Å². The second kappa shape index (κ2) is 12.1. The predicted octanol–water partition coefficient (Wildman–Crippen LogP) is 5.47. The van der Waals surface area contributed by atoms with Gasteiger partial charge >= 0.3 is 6.36 Å². The summed E-state index contributed by atoms with van der Waals surface area (Å²) in [6.07, 6.45) is -0.931. The number of carbonyl (C=O) groups excluding carboxylic acids is 1. The van der Waals surface area contributed by atoms with E-state index in [0.29, 0.717) is 18.2 Å². The maximum Gasteiger partial charge on any atom is 0.573 e. The molecule has 36 heavy (non-hydrogen) atoms. The average molecular weight is 504 g/mol. The van der Waals surface area contributed by atoms with Gasteiger partial charge in [0.05, 0.1) is 0 Å². The van der Waals surface area contributed by atoms with Gasteiger partial charge in [0.15, 0.2) is 0 Å². The highest BCUT2D eigenvalue weighted by molar-refractivity contribution is 5.95. The Hall–Kier alpha value is -2.58. The fraction of sp³-hybridized carbons (Fsp3) is 0.536. The van der Waals surface area contributed by atoms with Gasteiger partial charge in [-0.05, 0) is 93.5 Å². The molecule has 2 aromatic rings. The highest BCUT2D eigenvalue weighted by Crippen LogP contribution is 2.30. The van der Waals surface area contributed by atoms with Crippen molar-refractivity contribution in [2.24, 2.45) is 17.8 Å². The van der Waals surface area contributed by atoms with Crippen LogP contribution in [0.15, 0.2) is 54.6 Å². The maximum absolute atomic E-state index is 13.6. The molecule has 2 saturated heterocycles. The van der Waals surface area contributed by atoms with Gasteiger partial charge in [-0.2, -0.15) is 0 Å². The molecule has 0 saturated carbocycles. The van der Waals surface area contributed by atoms with Gasteiger partial charge < -0.3 is 15.0 Å². The maximum atomic E-state index is 13.6. The van der Waals surface area contributed by atoms with Crippen LogP contribution in [0.25, 0.3) is 0 Å². The van der Waals surface area contributed by atoms with Crippen LogP contribution in [0.2, 0.25) is 0 Å². The molecule has 2 fully saturated rings. The summed E-state index contributed by atoms with van der Waals surface area (Å²) in [4.78, 5) is 17.9. The lowest BCUT2D eigenvalue weighted by Gasteiger charge is -2.36. The predicted molar refractivity (Wildman–Crippen MR) is 135 cm³/mol. The van der Waals surface area contributed by atoms with Crippen molar-refractivity contribution in [1.29, 1.82) is 0 Å². The summed E-state index contributed by atoms with van der Waals surface area (Å²) in [7, 11) is 0. The van der Waals surface area contributed by atoms with Crippen molar-refractivity contribution in [1.82, 2.24) is 10.2 Å². The Morgan fingerprint density at radius 1 is 1.06 bits per heavy atom. The van der Waals surface area contributed by atoms with Crippen molar-refractivity contribution in [3.05, 3.63) is 60.2 Å². The van der Waals surface area contributed by atoms with Crippen LogP contribution in [-0.4, -0.2) is 49.9 Å². The van der Waals surface area contributed by atoms with Crippen molar-refractivity contribution < 1.29 is 22.7 Å². The molecule has 2 atom stereocenters. The van der Waals surface area contributed by atoms with Crippen LogP contribution in [0.3, 0.4) is 0 Å². The number of rotatable bonds is 8. The quantitative estimate of drug-likeness (QED) is 0.519. The van der Waals surface area contributed by atoms with Gasteiger partial charge in [0, 0.05) is 24.7 Å². The molecule has 2 heterocycles. The molecule has 2 aromatic carbocycles. The summed E-state index contributed by atoms with van der Waals surface area (Å²) >= 11 is 0. The zero-order chi connectivity index (χ0) is 25.5. The van der Waals surface area contributed by atoms with Crippen molar-refractivity contribution in [2.45, 2.75) is 45.5 Å². The van der Waals surface area contributed by atoms with E-state index in [2.05, 4.69) is 46.1 Å². The normalized spacial score (nSPS) is 21.8. The third kappa shape index (κ3) is 7.46. The highest BCUT2D eigenvalue weighted by atomic mass is 19.4. The van der Waals surface area contributed by atoms with E-state index >= 15 is 0 Å². The SMILES string of the molecule is CC1CNCCC1C(=O)N(CCC1CCN(Cc2ccccc2)CC1)c1ccc(OC(F)(F)F)cc1. The van der Waals surface area contributed by atoms with E-state index in [1.165, 1.54) is 17.7 Å². The van der Waals surface area contributed by atoms with Gasteiger partial charge in [-0.15, -0.1) is 13.2 Å². The number of alkyl halides is 3. The lowest BCUT2D eigenvalue weighted by Crippen LogP contribution is -2.46. The second-order valence-electron chi connectivity index (χ2n) is 10.1. The Morgan fingerprint density at radius 3 is 2.39 bits per heavy atom. The number of likely N-dealkylation sites (tertiary alicyclic amines) is 1. The van der Waals surface area contributed by atoms with E-state index in [4.69, 9.17) is 0 Å². The average Bonchev–Trinajstić information content (AvgIpc) is 2.86. The first-order valence-corrected chi connectivity index (χ1v) is 12.9. The number of halogens is 3. The molecule has 0 bridgehead atoms. The second-order valence-corrected chi connectivity index (χ2v) is 10.1. The first-order chi connectivity index (χ1) is 17.3. The molecule has 0 aliphatic carbocycles. The number of ether oxygens (including phenoxy) is 1. The van der Waals surface area contributed by atoms with Crippen LogP contribution in [0.1, 0.15) is 38.2 Å². The van der Waals surface area contributed by atoms with Gasteiger partial charge in [-0.1, -0.05) is 37.3 Å². The Balaban J connectivity index is 1.39. The van der Waals surface area contributed by atoms with Crippen LogP contribution in [0.5, 0.6) is 5.75 Å². The lowest BCUT2D eigenvalue weighted by molar-refractivity contribution is -0.274. The number of hydrogen-bond acceptors (Lipinski definition) is 4. The van der Waals surface area contributed by atoms with Crippen molar-refractivity contribution >= 4 is 11.6 Å². The zero-order valence-corrected chi connectivity index (χ0v) is 20.8. The Kier molecular flexibility index (Phi) is 8.90. The summed E-state index contributed by atoms with van der Waals surface area (Å²) < 4.78 is 41.8. The third-order valence-corrected chi connectivity index (χ3v) is 7.47. The minimum absolute atomic E-state index is 0.0648. The molecule has 1 amide bonds. The number of hydrogen-bond donors (Lipinski definition) is 1. The van der Waals surface area contributed by atoms with Crippen LogP contribution in [0.4, 0.5) is 18.9 Å². The minimum atomic E-state index is -4.74. The molecule has 196 valence electrons. The Bertz CT molecular complexity index is 960. The molecule has 0 spiro atoms. The third-order valence-electron chi connectivity index (χ3n) is 7.47. The van der Waals surface area contributed by atoms with E-state index < -0.39 is 6.36 Å². The van der Waals surface area contributed by atoms with Gasteiger partial charge in [0.2, 0.25) is 5.91 Å². The molecule has 2 aliphatic rings. The van der Waals surface area contributed by atoms with Gasteiger partial charge in [-0.3, -0.25) is 9.69 Å². The number of nitrogens with zero attached hydrogens (tertiary/aromatic N) is 2. The van der Waals surface area contributed by atoms with Gasteiger partial charge in [0.25, 0.3) is 0 Å². The number of carbonyl (C=O) groups is 1. The first-order valence-electron chi connectivity index (χ1n) is 12.9. The molecular weight excluding hydrogens is 467 g/mol. The molecule has 4 rings (SSSR count). The number of nitrogens with one attached hydrogen (secondary N) is 1. The largest absolute Gasteiger partial charge is 0.573 e. The standard InChI is InChI=1S/C28H36F3N3O2/c1-21-19-32-15-11-26(21)27(35)34(24-7-9-25(10-8-24)36-28(29,30)31)18-14-22-12-16-33(17-13-22)20-23-5-3-2-4-6-23/h2-10,21-22,26,32H,11-20H2,1H3. The molecular formula is C28H36F3N3O2. The molecule has 8 heteroatoms. The fourth-order valence-electron chi connectivity index (χ4n) is 5.36. The van der Waals surface area contributed by atoms with Crippen LogP contribution in [-0.2, 0) is 11.3 Å². The van der Waals surface area contributed by atoms with Crippen molar-refractivity contribution in [2.75, 3.05) is 37.6 Å². The van der Waals surface area contributed by atoms with Gasteiger partial charge in [0.1, 0.15) is 5.75 Å². The van der Waals surface area contributed by atoms with Gasteiger partial charge in [-0.25, -0.2) is 0 Å². The topological polar surface area (TPSA) is 44.8 Å². The lowest BCUT2D eigenvalue weighted by atomic mass is 9.86. The summed E-state index contributed by atoms with van der Waals surface area (Å²) in [6, 6.07) is 16.2. The van der Waals surface area contributed by atoms with Crippen molar-refractivity contribution in [3.8, 4) is 5.75 Å². The minimum Gasteiger partial charge on any atom is -0.406 e. The summed E-state index contributed by atoms with van der Waals surface area (Å²) in [5, 5.41) is 3.33. The van der Waals surface area contributed by atoms with E-state index in [1.807, 2.05) is 6.07 Å². The highest BCUT2D eigenvalue weighted by Gasteiger charge is 2.33. The van der Waals surface area contributed by atoms with Crippen LogP contribution < -0.4 is 15.0 Å². The summed E-state index contributed by atoms with van der Waals surface area (Å²) in [6.45, 7) is 7.26.